The minimum atomic E-state index is -0.336. The summed E-state index contributed by atoms with van der Waals surface area (Å²) >= 11 is 0. The number of benzene rings is 2. The summed E-state index contributed by atoms with van der Waals surface area (Å²) in [4.78, 5) is 24.4. The van der Waals surface area contributed by atoms with Crippen molar-refractivity contribution in [3.05, 3.63) is 66.2 Å². The molecule has 2 aliphatic heterocycles. The summed E-state index contributed by atoms with van der Waals surface area (Å²) in [7, 11) is 0. The molecule has 0 amide bonds. The summed E-state index contributed by atoms with van der Waals surface area (Å²) in [6, 6.07) is 18.6. The van der Waals surface area contributed by atoms with Crippen LogP contribution in [0.5, 0.6) is 5.75 Å². The van der Waals surface area contributed by atoms with Crippen LogP contribution in [0.4, 0.5) is 0 Å². The molecule has 0 spiro atoms. The van der Waals surface area contributed by atoms with Gasteiger partial charge in [0.2, 0.25) is 0 Å². The molecule has 2 saturated heterocycles. The summed E-state index contributed by atoms with van der Waals surface area (Å²) < 4.78 is 22.9. The Morgan fingerprint density at radius 3 is 2.50 bits per heavy atom. The van der Waals surface area contributed by atoms with Gasteiger partial charge in [0, 0.05) is 18.3 Å². The van der Waals surface area contributed by atoms with E-state index in [1.54, 1.807) is 12.1 Å². The number of para-hydroxylation sites is 1. The Hall–Kier alpha value is -2.86. The van der Waals surface area contributed by atoms with E-state index in [4.69, 9.17) is 18.9 Å². The summed E-state index contributed by atoms with van der Waals surface area (Å²) in [5.74, 6) is 0.435. The van der Waals surface area contributed by atoms with Crippen LogP contribution in [-0.4, -0.2) is 43.0 Å². The fourth-order valence-electron chi connectivity index (χ4n) is 4.70. The summed E-state index contributed by atoms with van der Waals surface area (Å²) in [5, 5.41) is 0. The number of epoxide rings is 1. The van der Waals surface area contributed by atoms with Gasteiger partial charge in [0.05, 0.1) is 18.1 Å². The van der Waals surface area contributed by atoms with E-state index in [1.165, 1.54) is 0 Å². The second-order valence-electron chi connectivity index (χ2n) is 8.18. The van der Waals surface area contributed by atoms with Crippen molar-refractivity contribution in [2.75, 3.05) is 6.61 Å². The van der Waals surface area contributed by atoms with Gasteiger partial charge >= 0.3 is 11.9 Å². The van der Waals surface area contributed by atoms with E-state index in [1.807, 2.05) is 48.5 Å². The maximum Gasteiger partial charge on any atom is 0.338 e. The lowest BCUT2D eigenvalue weighted by Gasteiger charge is -2.22. The van der Waals surface area contributed by atoms with Gasteiger partial charge < -0.3 is 18.9 Å². The van der Waals surface area contributed by atoms with Crippen LogP contribution >= 0.6 is 0 Å². The first kappa shape index (κ1) is 19.1. The number of fused-ring (bicyclic) bond motifs is 1. The standard InChI is InChI=1S/C24H24O6/c25-23-12-18-17(11-21-22(28-21)14-27-16-9-5-2-6-10-16)20(13-19(18)29-23)30-24(26)15-7-3-1-4-8-15/h1-10,17-22H,11-14H2/t17-,18-,19+,20-,21+,22-/m1/s1. The number of hydrogen-bond acceptors (Lipinski definition) is 6. The van der Waals surface area contributed by atoms with Gasteiger partial charge in [-0.1, -0.05) is 36.4 Å². The Morgan fingerprint density at radius 2 is 1.73 bits per heavy atom. The normalized spacial score (nSPS) is 31.7. The first-order chi connectivity index (χ1) is 14.7. The SMILES string of the molecule is O=C1C[C@@H]2[C@@H](C[C@@H]3O[C@@H]3COc3ccccc3)[C@H](OC(=O)c3ccccc3)C[C@@H]2O1. The Bertz CT molecular complexity index is 898. The van der Waals surface area contributed by atoms with Gasteiger partial charge in [0.25, 0.3) is 0 Å². The highest BCUT2D eigenvalue weighted by Gasteiger charge is 2.54. The average Bonchev–Trinajstić information content (AvgIpc) is 3.32. The van der Waals surface area contributed by atoms with E-state index in [0.29, 0.717) is 25.0 Å². The number of ether oxygens (including phenoxy) is 4. The molecule has 30 heavy (non-hydrogen) atoms. The van der Waals surface area contributed by atoms with E-state index < -0.39 is 0 Å². The minimum Gasteiger partial charge on any atom is -0.491 e. The van der Waals surface area contributed by atoms with Gasteiger partial charge in [-0.25, -0.2) is 4.79 Å². The molecule has 5 rings (SSSR count). The molecule has 6 heteroatoms. The summed E-state index contributed by atoms with van der Waals surface area (Å²) in [6.07, 6.45) is 1.28. The molecule has 0 radical (unpaired) electrons. The first-order valence-corrected chi connectivity index (χ1v) is 10.5. The molecule has 6 nitrogen and oxygen atoms in total. The maximum atomic E-state index is 12.6. The van der Waals surface area contributed by atoms with Crippen molar-refractivity contribution in [2.24, 2.45) is 11.8 Å². The van der Waals surface area contributed by atoms with Crippen LogP contribution in [-0.2, 0) is 19.0 Å². The van der Waals surface area contributed by atoms with Crippen molar-refractivity contribution in [2.45, 2.75) is 43.7 Å². The van der Waals surface area contributed by atoms with Gasteiger partial charge in [-0.3, -0.25) is 4.79 Å². The predicted molar refractivity (Wildman–Crippen MR) is 107 cm³/mol. The molecular formula is C24H24O6. The molecule has 3 fully saturated rings. The molecule has 0 N–H and O–H groups in total. The smallest absolute Gasteiger partial charge is 0.338 e. The molecule has 0 unspecified atom stereocenters. The number of hydrogen-bond donors (Lipinski definition) is 0. The zero-order valence-corrected chi connectivity index (χ0v) is 16.5. The molecule has 2 heterocycles. The number of esters is 2. The van der Waals surface area contributed by atoms with E-state index >= 15 is 0 Å². The third-order valence-corrected chi connectivity index (χ3v) is 6.27. The van der Waals surface area contributed by atoms with Crippen LogP contribution in [0.1, 0.15) is 29.6 Å². The largest absolute Gasteiger partial charge is 0.491 e. The van der Waals surface area contributed by atoms with Crippen LogP contribution < -0.4 is 4.74 Å². The molecule has 2 aromatic carbocycles. The van der Waals surface area contributed by atoms with E-state index in [2.05, 4.69) is 0 Å². The third-order valence-electron chi connectivity index (χ3n) is 6.27. The topological polar surface area (TPSA) is 74.4 Å². The Morgan fingerprint density at radius 1 is 1.00 bits per heavy atom. The van der Waals surface area contributed by atoms with Crippen molar-refractivity contribution in [3.8, 4) is 5.75 Å². The van der Waals surface area contributed by atoms with Gasteiger partial charge in [-0.15, -0.1) is 0 Å². The Labute approximate surface area is 175 Å². The lowest BCUT2D eigenvalue weighted by atomic mass is 9.87. The van der Waals surface area contributed by atoms with Gasteiger partial charge in [-0.2, -0.15) is 0 Å². The third kappa shape index (κ3) is 4.05. The molecule has 6 atom stereocenters. The molecular weight excluding hydrogens is 384 g/mol. The monoisotopic (exact) mass is 408 g/mol. The van der Waals surface area contributed by atoms with Crippen LogP contribution in [0.15, 0.2) is 60.7 Å². The van der Waals surface area contributed by atoms with Crippen LogP contribution in [0.3, 0.4) is 0 Å². The van der Waals surface area contributed by atoms with E-state index in [9.17, 15) is 9.59 Å². The summed E-state index contributed by atoms with van der Waals surface area (Å²) in [6.45, 7) is 0.486. The van der Waals surface area contributed by atoms with Crippen molar-refractivity contribution >= 4 is 11.9 Å². The van der Waals surface area contributed by atoms with Crippen LogP contribution in [0, 0.1) is 11.8 Å². The minimum absolute atomic E-state index is 0.0211. The molecule has 3 aliphatic rings. The Kier molecular flexibility index (Phi) is 5.17. The molecule has 156 valence electrons. The first-order valence-electron chi connectivity index (χ1n) is 10.5. The Balaban J connectivity index is 1.21. The van der Waals surface area contributed by atoms with Crippen molar-refractivity contribution in [3.63, 3.8) is 0 Å². The zero-order valence-electron chi connectivity index (χ0n) is 16.5. The fraction of sp³-hybridized carbons (Fsp3) is 0.417. The van der Waals surface area contributed by atoms with Crippen molar-refractivity contribution in [1.82, 2.24) is 0 Å². The lowest BCUT2D eigenvalue weighted by Crippen LogP contribution is -2.27. The number of carbonyl (C=O) groups is 2. The molecule has 1 saturated carbocycles. The molecule has 2 aromatic rings. The number of carbonyl (C=O) groups excluding carboxylic acids is 2. The highest BCUT2D eigenvalue weighted by molar-refractivity contribution is 5.89. The van der Waals surface area contributed by atoms with E-state index in [-0.39, 0.29) is 48.2 Å². The number of rotatable bonds is 7. The van der Waals surface area contributed by atoms with Gasteiger partial charge in [0.1, 0.15) is 30.7 Å². The highest BCUT2D eigenvalue weighted by Crippen LogP contribution is 2.47. The van der Waals surface area contributed by atoms with Crippen molar-refractivity contribution in [1.29, 1.82) is 0 Å². The predicted octanol–water partition coefficient (Wildman–Crippen LogP) is 3.40. The zero-order chi connectivity index (χ0) is 20.5. The highest BCUT2D eigenvalue weighted by atomic mass is 16.6. The molecule has 1 aliphatic carbocycles. The second kappa shape index (κ2) is 8.11. The molecule has 0 aromatic heterocycles. The van der Waals surface area contributed by atoms with Crippen LogP contribution in [0.2, 0.25) is 0 Å². The second-order valence-corrected chi connectivity index (χ2v) is 8.18. The summed E-state index contributed by atoms with van der Waals surface area (Å²) in [5.41, 5.74) is 0.530. The molecule has 0 bridgehead atoms. The van der Waals surface area contributed by atoms with Crippen molar-refractivity contribution < 1.29 is 28.5 Å². The fourth-order valence-corrected chi connectivity index (χ4v) is 4.70. The van der Waals surface area contributed by atoms with Crippen LogP contribution in [0.25, 0.3) is 0 Å². The lowest BCUT2D eigenvalue weighted by molar-refractivity contribution is -0.141. The quantitative estimate of drug-likeness (QED) is 0.516. The average molecular weight is 408 g/mol. The maximum absolute atomic E-state index is 12.6. The van der Waals surface area contributed by atoms with Gasteiger partial charge in [-0.05, 0) is 30.7 Å². The van der Waals surface area contributed by atoms with Gasteiger partial charge in [0.15, 0.2) is 0 Å². The van der Waals surface area contributed by atoms with E-state index in [0.717, 1.165) is 12.2 Å².